The summed E-state index contributed by atoms with van der Waals surface area (Å²) in [6.45, 7) is 2.14. The molecule has 0 aliphatic rings. The topological polar surface area (TPSA) is 55.8 Å². The molecule has 0 amide bonds. The van der Waals surface area contributed by atoms with Crippen molar-refractivity contribution in [3.8, 4) is 22.6 Å². The van der Waals surface area contributed by atoms with Crippen LogP contribution in [0.5, 0.6) is 11.5 Å². The maximum absolute atomic E-state index is 13.5. The molecule has 0 aliphatic carbocycles. The van der Waals surface area contributed by atoms with Gasteiger partial charge in [-0.1, -0.05) is 6.07 Å². The molecule has 0 saturated carbocycles. The van der Waals surface area contributed by atoms with Gasteiger partial charge in [0.05, 0.1) is 13.7 Å². The maximum atomic E-state index is 13.5. The molecule has 0 heterocycles. The molecule has 0 atom stereocenters. The van der Waals surface area contributed by atoms with E-state index in [4.69, 9.17) is 9.47 Å². The predicted octanol–water partition coefficient (Wildman–Crippen LogP) is 3.60. The molecule has 0 aromatic heterocycles. The van der Waals surface area contributed by atoms with Crippen molar-refractivity contribution >= 4 is 5.97 Å². The number of hydrogen-bond donors (Lipinski definition) is 1. The lowest BCUT2D eigenvalue weighted by Crippen LogP contribution is -2.03. The summed E-state index contributed by atoms with van der Waals surface area (Å²) >= 11 is 0. The van der Waals surface area contributed by atoms with Crippen molar-refractivity contribution in [1.82, 2.24) is 0 Å². The van der Waals surface area contributed by atoms with Gasteiger partial charge in [-0.15, -0.1) is 0 Å². The van der Waals surface area contributed by atoms with Gasteiger partial charge in [0.15, 0.2) is 0 Å². The zero-order chi connectivity index (χ0) is 15.4. The zero-order valence-electron chi connectivity index (χ0n) is 11.7. The highest BCUT2D eigenvalue weighted by Gasteiger charge is 2.13. The number of halogens is 1. The van der Waals surface area contributed by atoms with Crippen molar-refractivity contribution in [2.45, 2.75) is 6.92 Å². The van der Waals surface area contributed by atoms with Crippen LogP contribution in [0.25, 0.3) is 11.1 Å². The van der Waals surface area contributed by atoms with Crippen LogP contribution >= 0.6 is 0 Å². The Labute approximate surface area is 121 Å². The van der Waals surface area contributed by atoms with Gasteiger partial charge in [-0.05, 0) is 42.3 Å². The minimum Gasteiger partial charge on any atom is -0.497 e. The smallest absolute Gasteiger partial charge is 0.339 e. The van der Waals surface area contributed by atoms with Gasteiger partial charge < -0.3 is 14.6 Å². The first-order chi connectivity index (χ1) is 10.0. The molecule has 0 fully saturated rings. The normalized spacial score (nSPS) is 10.2. The second kappa shape index (κ2) is 6.26. The summed E-state index contributed by atoms with van der Waals surface area (Å²) in [6.07, 6.45) is 0. The quantitative estimate of drug-likeness (QED) is 0.914. The Bertz CT molecular complexity index is 667. The van der Waals surface area contributed by atoms with Gasteiger partial charge in [0, 0.05) is 6.07 Å². The number of aromatic carboxylic acids is 1. The first kappa shape index (κ1) is 14.8. The number of methoxy groups -OCH3 is 1. The number of carbonyl (C=O) groups is 1. The zero-order valence-corrected chi connectivity index (χ0v) is 11.7. The number of carboxylic acids is 1. The average Bonchev–Trinajstić information content (AvgIpc) is 2.47. The van der Waals surface area contributed by atoms with Crippen molar-refractivity contribution in [3.63, 3.8) is 0 Å². The van der Waals surface area contributed by atoms with E-state index in [1.807, 2.05) is 0 Å². The van der Waals surface area contributed by atoms with Gasteiger partial charge in [0.1, 0.15) is 22.9 Å². The van der Waals surface area contributed by atoms with E-state index in [-0.39, 0.29) is 11.3 Å². The Kier molecular flexibility index (Phi) is 4.42. The Balaban J connectivity index is 2.52. The first-order valence-corrected chi connectivity index (χ1v) is 6.40. The highest BCUT2D eigenvalue weighted by molar-refractivity contribution is 5.92. The van der Waals surface area contributed by atoms with Crippen LogP contribution in [0.4, 0.5) is 4.39 Å². The minimum atomic E-state index is -1.09. The fourth-order valence-corrected chi connectivity index (χ4v) is 2.01. The Morgan fingerprint density at radius 2 is 1.95 bits per heavy atom. The number of benzene rings is 2. The lowest BCUT2D eigenvalue weighted by Gasteiger charge is -2.10. The maximum Gasteiger partial charge on any atom is 0.339 e. The van der Waals surface area contributed by atoms with Crippen LogP contribution in [0, 0.1) is 5.82 Å². The van der Waals surface area contributed by atoms with E-state index in [1.54, 1.807) is 25.1 Å². The number of rotatable bonds is 5. The summed E-state index contributed by atoms with van der Waals surface area (Å²) in [5.41, 5.74) is 1.16. The van der Waals surface area contributed by atoms with Crippen LogP contribution in [-0.2, 0) is 0 Å². The van der Waals surface area contributed by atoms with Crippen LogP contribution in [0.2, 0.25) is 0 Å². The molecule has 2 aromatic carbocycles. The monoisotopic (exact) mass is 290 g/mol. The molecule has 4 nitrogen and oxygen atoms in total. The van der Waals surface area contributed by atoms with Crippen molar-refractivity contribution < 1.29 is 23.8 Å². The van der Waals surface area contributed by atoms with E-state index in [0.717, 1.165) is 0 Å². The van der Waals surface area contributed by atoms with E-state index >= 15 is 0 Å². The summed E-state index contributed by atoms with van der Waals surface area (Å²) in [6, 6.07) is 8.94. The molecule has 0 unspecified atom stereocenters. The van der Waals surface area contributed by atoms with Crippen LogP contribution in [0.15, 0.2) is 36.4 Å². The molecular weight excluding hydrogens is 275 g/mol. The minimum absolute atomic E-state index is 0.0394. The van der Waals surface area contributed by atoms with Gasteiger partial charge >= 0.3 is 5.97 Å². The van der Waals surface area contributed by atoms with Gasteiger partial charge in [-0.3, -0.25) is 0 Å². The molecule has 0 saturated heterocycles. The fourth-order valence-electron chi connectivity index (χ4n) is 2.01. The highest BCUT2D eigenvalue weighted by atomic mass is 19.1. The predicted molar refractivity (Wildman–Crippen MR) is 76.5 cm³/mol. The summed E-state index contributed by atoms with van der Waals surface area (Å²) in [5.74, 6) is -0.883. The summed E-state index contributed by atoms with van der Waals surface area (Å²) in [4.78, 5) is 11.3. The van der Waals surface area contributed by atoms with Crippen LogP contribution in [0.3, 0.4) is 0 Å². The van der Waals surface area contributed by atoms with Gasteiger partial charge in [-0.25, -0.2) is 9.18 Å². The first-order valence-electron chi connectivity index (χ1n) is 6.40. The molecule has 5 heteroatoms. The van der Waals surface area contributed by atoms with Crippen LogP contribution < -0.4 is 9.47 Å². The van der Waals surface area contributed by atoms with E-state index in [0.29, 0.717) is 23.5 Å². The van der Waals surface area contributed by atoms with Crippen molar-refractivity contribution in [3.05, 3.63) is 47.8 Å². The third-order valence-electron chi connectivity index (χ3n) is 2.95. The highest BCUT2D eigenvalue weighted by Crippen LogP contribution is 2.30. The van der Waals surface area contributed by atoms with Crippen molar-refractivity contribution in [2.24, 2.45) is 0 Å². The van der Waals surface area contributed by atoms with E-state index in [9.17, 15) is 14.3 Å². The second-order valence-electron chi connectivity index (χ2n) is 4.33. The van der Waals surface area contributed by atoms with Crippen molar-refractivity contribution in [1.29, 1.82) is 0 Å². The molecule has 2 rings (SSSR count). The number of carboxylic acid groups (broad SMARTS) is 1. The average molecular weight is 290 g/mol. The van der Waals surface area contributed by atoms with Crippen LogP contribution in [0.1, 0.15) is 17.3 Å². The summed E-state index contributed by atoms with van der Waals surface area (Å²) < 4.78 is 23.8. The molecule has 21 heavy (non-hydrogen) atoms. The Morgan fingerprint density at radius 1 is 1.19 bits per heavy atom. The fraction of sp³-hybridized carbons (Fsp3) is 0.188. The Hall–Kier alpha value is -2.56. The van der Waals surface area contributed by atoms with E-state index < -0.39 is 11.8 Å². The van der Waals surface area contributed by atoms with E-state index in [2.05, 4.69) is 0 Å². The van der Waals surface area contributed by atoms with Crippen molar-refractivity contribution in [2.75, 3.05) is 13.7 Å². The molecule has 0 spiro atoms. The SMILES string of the molecule is CCOc1ccc(-c2cc(F)cc(OC)c2)cc1C(=O)O. The van der Waals surface area contributed by atoms with Gasteiger partial charge in [0.2, 0.25) is 0 Å². The largest absolute Gasteiger partial charge is 0.497 e. The molecule has 110 valence electrons. The summed E-state index contributed by atoms with van der Waals surface area (Å²) in [5, 5.41) is 9.24. The third-order valence-corrected chi connectivity index (χ3v) is 2.95. The molecular formula is C16H15FO4. The van der Waals surface area contributed by atoms with E-state index in [1.165, 1.54) is 25.3 Å². The number of hydrogen-bond acceptors (Lipinski definition) is 3. The lowest BCUT2D eigenvalue weighted by molar-refractivity contribution is 0.0692. The second-order valence-corrected chi connectivity index (χ2v) is 4.33. The van der Waals surface area contributed by atoms with Gasteiger partial charge in [0.25, 0.3) is 0 Å². The lowest BCUT2D eigenvalue weighted by atomic mass is 10.0. The third kappa shape index (κ3) is 3.31. The number of ether oxygens (including phenoxy) is 2. The molecule has 0 aliphatic heterocycles. The standard InChI is InChI=1S/C16H15FO4/c1-3-21-15-5-4-10(8-14(15)16(18)19)11-6-12(17)9-13(7-11)20-2/h4-9H,3H2,1-2H3,(H,18,19). The Morgan fingerprint density at radius 3 is 2.57 bits per heavy atom. The molecule has 2 aromatic rings. The molecule has 0 radical (unpaired) electrons. The molecule has 0 bridgehead atoms. The van der Waals surface area contributed by atoms with Gasteiger partial charge in [-0.2, -0.15) is 0 Å². The summed E-state index contributed by atoms with van der Waals surface area (Å²) in [7, 11) is 1.44. The van der Waals surface area contributed by atoms with Crippen LogP contribution in [-0.4, -0.2) is 24.8 Å². The molecule has 1 N–H and O–H groups in total.